The van der Waals surface area contributed by atoms with Crippen molar-refractivity contribution in [2.75, 3.05) is 18.1 Å². The largest absolute Gasteiger partial charge is 0.493 e. The van der Waals surface area contributed by atoms with Crippen molar-refractivity contribution in [1.82, 2.24) is 0 Å². The molecule has 0 spiro atoms. The van der Waals surface area contributed by atoms with Gasteiger partial charge >= 0.3 is 0 Å². The molecule has 1 aliphatic rings. The fourth-order valence-electron chi connectivity index (χ4n) is 1.53. The van der Waals surface area contributed by atoms with Crippen LogP contribution in [-0.4, -0.2) is 18.1 Å². The van der Waals surface area contributed by atoms with Crippen molar-refractivity contribution in [3.05, 3.63) is 30.3 Å². The van der Waals surface area contributed by atoms with Crippen LogP contribution in [0.2, 0.25) is 0 Å². The molecule has 1 aliphatic heterocycles. The molecule has 2 rings (SSSR count). The van der Waals surface area contributed by atoms with Crippen LogP contribution in [-0.2, 0) is 0 Å². The van der Waals surface area contributed by atoms with Gasteiger partial charge in [0.25, 0.3) is 0 Å². The Morgan fingerprint density at radius 1 is 1.29 bits per heavy atom. The van der Waals surface area contributed by atoms with Crippen molar-refractivity contribution in [2.24, 2.45) is 5.41 Å². The molecule has 0 unspecified atom stereocenters. The van der Waals surface area contributed by atoms with E-state index < -0.39 is 0 Å². The van der Waals surface area contributed by atoms with Gasteiger partial charge in [0, 0.05) is 16.9 Å². The number of hydrogen-bond acceptors (Lipinski definition) is 2. The van der Waals surface area contributed by atoms with E-state index in [-0.39, 0.29) is 0 Å². The van der Waals surface area contributed by atoms with Gasteiger partial charge in [-0.25, -0.2) is 0 Å². The fraction of sp³-hybridized carbons (Fsp3) is 0.500. The summed E-state index contributed by atoms with van der Waals surface area (Å²) >= 11 is 2.02. The topological polar surface area (TPSA) is 9.23 Å². The van der Waals surface area contributed by atoms with E-state index in [0.717, 1.165) is 12.4 Å². The van der Waals surface area contributed by atoms with E-state index in [2.05, 4.69) is 6.92 Å². The zero-order chi connectivity index (χ0) is 9.86. The highest BCUT2D eigenvalue weighted by Gasteiger charge is 2.36. The summed E-state index contributed by atoms with van der Waals surface area (Å²) in [4.78, 5) is 0. The van der Waals surface area contributed by atoms with E-state index in [0.29, 0.717) is 5.41 Å². The molecule has 0 aliphatic carbocycles. The highest BCUT2D eigenvalue weighted by atomic mass is 32.2. The van der Waals surface area contributed by atoms with Gasteiger partial charge in [0.15, 0.2) is 0 Å². The van der Waals surface area contributed by atoms with E-state index in [1.807, 2.05) is 42.1 Å². The first-order chi connectivity index (χ1) is 6.85. The molecular formula is C12H16OS. The highest BCUT2D eigenvalue weighted by molar-refractivity contribution is 8.00. The van der Waals surface area contributed by atoms with Crippen LogP contribution in [0, 0.1) is 5.41 Å². The van der Waals surface area contributed by atoms with Crippen molar-refractivity contribution >= 4 is 11.8 Å². The van der Waals surface area contributed by atoms with Crippen molar-refractivity contribution in [3.63, 3.8) is 0 Å². The van der Waals surface area contributed by atoms with E-state index in [1.54, 1.807) is 0 Å². The highest BCUT2D eigenvalue weighted by Crippen LogP contribution is 2.40. The molecule has 0 aromatic heterocycles. The summed E-state index contributed by atoms with van der Waals surface area (Å²) in [5, 5.41) is 0. The standard InChI is InChI=1S/C12H16OS/c1-2-12(9-14-10-12)8-13-11-6-4-3-5-7-11/h3-7H,2,8-10H2,1H3. The number of rotatable bonds is 4. The molecule has 1 fully saturated rings. The minimum atomic E-state index is 0.459. The quantitative estimate of drug-likeness (QED) is 0.751. The molecule has 0 N–H and O–H groups in total. The summed E-state index contributed by atoms with van der Waals surface area (Å²) < 4.78 is 5.79. The average molecular weight is 208 g/mol. The lowest BCUT2D eigenvalue weighted by molar-refractivity contribution is 0.174. The number of para-hydroxylation sites is 1. The lowest BCUT2D eigenvalue weighted by Gasteiger charge is -2.39. The molecule has 0 saturated carbocycles. The summed E-state index contributed by atoms with van der Waals surface area (Å²) in [5.41, 5.74) is 0.459. The molecule has 1 aromatic carbocycles. The third-order valence-electron chi connectivity index (χ3n) is 2.85. The molecule has 0 bridgehead atoms. The Labute approximate surface area is 89.9 Å². The summed E-state index contributed by atoms with van der Waals surface area (Å²) in [6, 6.07) is 10.1. The Hall–Kier alpha value is -0.630. The van der Waals surface area contributed by atoms with Crippen LogP contribution in [0.5, 0.6) is 5.75 Å². The molecule has 1 nitrogen and oxygen atoms in total. The minimum absolute atomic E-state index is 0.459. The molecule has 1 aromatic rings. The molecule has 14 heavy (non-hydrogen) atoms. The van der Waals surface area contributed by atoms with Gasteiger partial charge in [-0.3, -0.25) is 0 Å². The van der Waals surface area contributed by atoms with Gasteiger partial charge < -0.3 is 4.74 Å². The summed E-state index contributed by atoms with van der Waals surface area (Å²) in [5.74, 6) is 3.52. The molecule has 0 atom stereocenters. The zero-order valence-corrected chi connectivity index (χ0v) is 9.35. The van der Waals surface area contributed by atoms with Crippen molar-refractivity contribution in [1.29, 1.82) is 0 Å². The fourth-order valence-corrected chi connectivity index (χ4v) is 2.89. The second-order valence-electron chi connectivity index (χ2n) is 3.95. The second-order valence-corrected chi connectivity index (χ2v) is 4.93. The summed E-state index contributed by atoms with van der Waals surface area (Å²) in [6.07, 6.45) is 1.23. The third kappa shape index (κ3) is 2.06. The van der Waals surface area contributed by atoms with E-state index in [4.69, 9.17) is 4.74 Å². The molecular weight excluding hydrogens is 192 g/mol. The molecule has 76 valence electrons. The van der Waals surface area contributed by atoms with Gasteiger partial charge in [0.2, 0.25) is 0 Å². The van der Waals surface area contributed by atoms with Gasteiger partial charge in [-0.2, -0.15) is 11.8 Å². The molecule has 0 amide bonds. The van der Waals surface area contributed by atoms with Crippen LogP contribution in [0.15, 0.2) is 30.3 Å². The first-order valence-corrected chi connectivity index (χ1v) is 6.26. The number of benzene rings is 1. The Bertz CT molecular complexity index is 274. The third-order valence-corrected chi connectivity index (χ3v) is 4.49. The van der Waals surface area contributed by atoms with Crippen LogP contribution in [0.3, 0.4) is 0 Å². The molecule has 2 heteroatoms. The van der Waals surface area contributed by atoms with Gasteiger partial charge in [0.1, 0.15) is 5.75 Å². The van der Waals surface area contributed by atoms with Crippen LogP contribution in [0.1, 0.15) is 13.3 Å². The van der Waals surface area contributed by atoms with E-state index in [9.17, 15) is 0 Å². The lowest BCUT2D eigenvalue weighted by Crippen LogP contribution is -2.40. The van der Waals surface area contributed by atoms with E-state index in [1.165, 1.54) is 17.9 Å². The van der Waals surface area contributed by atoms with Crippen LogP contribution < -0.4 is 4.74 Å². The predicted molar refractivity (Wildman–Crippen MR) is 62.0 cm³/mol. The van der Waals surface area contributed by atoms with Crippen LogP contribution >= 0.6 is 11.8 Å². The Kier molecular flexibility index (Phi) is 3.02. The maximum Gasteiger partial charge on any atom is 0.119 e. The van der Waals surface area contributed by atoms with Gasteiger partial charge in [-0.05, 0) is 18.6 Å². The predicted octanol–water partition coefficient (Wildman–Crippen LogP) is 3.21. The minimum Gasteiger partial charge on any atom is -0.493 e. The maximum atomic E-state index is 5.79. The van der Waals surface area contributed by atoms with Crippen molar-refractivity contribution in [2.45, 2.75) is 13.3 Å². The number of hydrogen-bond donors (Lipinski definition) is 0. The maximum absolute atomic E-state index is 5.79. The normalized spacial score (nSPS) is 18.6. The van der Waals surface area contributed by atoms with Crippen molar-refractivity contribution in [3.8, 4) is 5.75 Å². The van der Waals surface area contributed by atoms with Gasteiger partial charge in [-0.15, -0.1) is 0 Å². The van der Waals surface area contributed by atoms with Gasteiger partial charge in [-0.1, -0.05) is 25.1 Å². The Morgan fingerprint density at radius 2 is 2.00 bits per heavy atom. The van der Waals surface area contributed by atoms with Gasteiger partial charge in [0.05, 0.1) is 6.61 Å². The second kappa shape index (κ2) is 4.26. The van der Waals surface area contributed by atoms with Crippen LogP contribution in [0.25, 0.3) is 0 Å². The molecule has 1 saturated heterocycles. The zero-order valence-electron chi connectivity index (χ0n) is 8.53. The van der Waals surface area contributed by atoms with Crippen LogP contribution in [0.4, 0.5) is 0 Å². The first-order valence-electron chi connectivity index (χ1n) is 5.10. The monoisotopic (exact) mass is 208 g/mol. The molecule has 0 radical (unpaired) electrons. The first kappa shape index (κ1) is 9.91. The smallest absolute Gasteiger partial charge is 0.119 e. The number of thioether (sulfide) groups is 1. The average Bonchev–Trinajstić information content (AvgIpc) is 2.19. The SMILES string of the molecule is CCC1(COc2ccccc2)CSC1. The summed E-state index contributed by atoms with van der Waals surface area (Å²) in [7, 11) is 0. The summed E-state index contributed by atoms with van der Waals surface area (Å²) in [6.45, 7) is 3.13. The molecule has 1 heterocycles. The van der Waals surface area contributed by atoms with Crippen molar-refractivity contribution < 1.29 is 4.74 Å². The Balaban J connectivity index is 1.88. The lowest BCUT2D eigenvalue weighted by atomic mass is 9.90. The number of ether oxygens (including phenoxy) is 1. The van der Waals surface area contributed by atoms with E-state index >= 15 is 0 Å². The Morgan fingerprint density at radius 3 is 2.50 bits per heavy atom.